The maximum atomic E-state index is 12.0. The second-order valence-electron chi connectivity index (χ2n) is 10.1. The van der Waals surface area contributed by atoms with Crippen molar-refractivity contribution in [3.63, 3.8) is 0 Å². The van der Waals surface area contributed by atoms with Crippen LogP contribution in [0.4, 0.5) is 10.5 Å². The van der Waals surface area contributed by atoms with Gasteiger partial charge in [0.1, 0.15) is 5.60 Å². The van der Waals surface area contributed by atoms with Gasteiger partial charge in [-0.3, -0.25) is 15.8 Å². The Labute approximate surface area is 194 Å². The van der Waals surface area contributed by atoms with Gasteiger partial charge < -0.3 is 20.3 Å². The summed E-state index contributed by atoms with van der Waals surface area (Å²) in [5.74, 6) is 7.15. The summed E-state index contributed by atoms with van der Waals surface area (Å²) < 4.78 is 5.34. The number of piperidine rings is 1. The molecule has 1 amide bonds. The second-order valence-corrected chi connectivity index (χ2v) is 10.1. The lowest BCUT2D eigenvalue weighted by molar-refractivity contribution is 0.0511. The van der Waals surface area contributed by atoms with Gasteiger partial charge in [0.2, 0.25) is 0 Å². The average molecular weight is 457 g/mol. The summed E-state index contributed by atoms with van der Waals surface area (Å²) in [7, 11) is 0. The van der Waals surface area contributed by atoms with Gasteiger partial charge in [0.05, 0.1) is 17.8 Å². The number of rotatable bonds is 4. The first-order valence-electron chi connectivity index (χ1n) is 11.5. The van der Waals surface area contributed by atoms with Crippen molar-refractivity contribution in [2.45, 2.75) is 52.0 Å². The highest BCUT2D eigenvalue weighted by atomic mass is 16.6. The lowest BCUT2D eigenvalue weighted by Gasteiger charge is -2.46. The SMILES string of the molecule is C[C@@H]1C[C@@H](CNC(=O)OC(C)(C)C)CNC1C1=CCN(c2ccc3cn[nH]c3c2)C(N)N1N. The van der Waals surface area contributed by atoms with Gasteiger partial charge in [-0.25, -0.2) is 10.6 Å². The van der Waals surface area contributed by atoms with Crippen LogP contribution in [0, 0.1) is 11.8 Å². The summed E-state index contributed by atoms with van der Waals surface area (Å²) >= 11 is 0. The Kier molecular flexibility index (Phi) is 6.51. The molecule has 180 valence electrons. The molecule has 1 fully saturated rings. The van der Waals surface area contributed by atoms with Gasteiger partial charge >= 0.3 is 6.09 Å². The maximum Gasteiger partial charge on any atom is 0.407 e. The molecule has 3 heterocycles. The number of nitrogens with one attached hydrogen (secondary N) is 3. The minimum atomic E-state index is -0.498. The number of carbonyl (C=O) groups is 1. The van der Waals surface area contributed by atoms with Crippen LogP contribution in [0.2, 0.25) is 0 Å². The lowest BCUT2D eigenvalue weighted by atomic mass is 9.83. The zero-order valence-electron chi connectivity index (χ0n) is 19.8. The Balaban J connectivity index is 1.37. The van der Waals surface area contributed by atoms with Crippen molar-refractivity contribution in [1.82, 2.24) is 25.8 Å². The van der Waals surface area contributed by atoms with E-state index in [9.17, 15) is 4.79 Å². The van der Waals surface area contributed by atoms with Crippen molar-refractivity contribution in [3.05, 3.63) is 36.2 Å². The van der Waals surface area contributed by atoms with Crippen LogP contribution >= 0.6 is 0 Å². The molecule has 4 rings (SSSR count). The number of anilines is 1. The normalized spacial score (nSPS) is 26.3. The molecule has 0 saturated carbocycles. The molecular formula is C23H36N8O2. The van der Waals surface area contributed by atoms with Crippen LogP contribution in [0.5, 0.6) is 0 Å². The van der Waals surface area contributed by atoms with E-state index < -0.39 is 11.9 Å². The highest BCUT2D eigenvalue weighted by Gasteiger charge is 2.36. The third kappa shape index (κ3) is 5.23. The molecular weight excluding hydrogens is 420 g/mol. The molecule has 2 aromatic rings. The minimum absolute atomic E-state index is 0.107. The Morgan fingerprint density at radius 3 is 2.88 bits per heavy atom. The van der Waals surface area contributed by atoms with E-state index in [1.165, 1.54) is 0 Å². The molecule has 2 unspecified atom stereocenters. The molecule has 10 heteroatoms. The van der Waals surface area contributed by atoms with Crippen molar-refractivity contribution in [2.75, 3.05) is 24.5 Å². The smallest absolute Gasteiger partial charge is 0.407 e. The molecule has 1 aromatic heterocycles. The van der Waals surface area contributed by atoms with Crippen molar-refractivity contribution in [2.24, 2.45) is 23.4 Å². The van der Waals surface area contributed by atoms with Crippen LogP contribution in [-0.4, -0.2) is 58.9 Å². The molecule has 0 aliphatic carbocycles. The number of fused-ring (bicyclic) bond motifs is 1. The molecule has 33 heavy (non-hydrogen) atoms. The molecule has 1 aromatic carbocycles. The number of ether oxygens (including phenoxy) is 1. The fourth-order valence-electron chi connectivity index (χ4n) is 4.69. The number of benzene rings is 1. The van der Waals surface area contributed by atoms with Crippen molar-refractivity contribution < 1.29 is 9.53 Å². The number of H-pyrrole nitrogens is 1. The number of aromatic amines is 1. The second kappa shape index (κ2) is 9.20. The summed E-state index contributed by atoms with van der Waals surface area (Å²) in [6.45, 7) is 9.81. The number of amides is 1. The van der Waals surface area contributed by atoms with E-state index in [4.69, 9.17) is 16.3 Å². The number of hydrazine groups is 1. The molecule has 2 aliphatic rings. The van der Waals surface area contributed by atoms with Crippen LogP contribution in [-0.2, 0) is 4.74 Å². The van der Waals surface area contributed by atoms with E-state index in [1.54, 1.807) is 11.2 Å². The van der Waals surface area contributed by atoms with E-state index in [1.807, 2.05) is 39.0 Å². The number of carbonyl (C=O) groups excluding carboxylic acids is 1. The largest absolute Gasteiger partial charge is 0.444 e. The molecule has 0 spiro atoms. The van der Waals surface area contributed by atoms with Crippen molar-refractivity contribution in [3.8, 4) is 0 Å². The predicted molar refractivity (Wildman–Crippen MR) is 129 cm³/mol. The van der Waals surface area contributed by atoms with E-state index in [2.05, 4.69) is 38.7 Å². The fourth-order valence-corrected chi connectivity index (χ4v) is 4.69. The zero-order valence-corrected chi connectivity index (χ0v) is 19.8. The number of nitrogens with zero attached hydrogens (tertiary/aromatic N) is 3. The summed E-state index contributed by atoms with van der Waals surface area (Å²) in [4.78, 5) is 14.0. The Morgan fingerprint density at radius 1 is 1.36 bits per heavy atom. The summed E-state index contributed by atoms with van der Waals surface area (Å²) in [5, 5.41) is 16.3. The highest BCUT2D eigenvalue weighted by molar-refractivity contribution is 5.82. The average Bonchev–Trinajstić information content (AvgIpc) is 3.21. The maximum absolute atomic E-state index is 12.0. The third-order valence-corrected chi connectivity index (χ3v) is 6.31. The minimum Gasteiger partial charge on any atom is -0.444 e. The molecule has 7 N–H and O–H groups in total. The van der Waals surface area contributed by atoms with E-state index >= 15 is 0 Å². The number of hydrogen-bond acceptors (Lipinski definition) is 8. The van der Waals surface area contributed by atoms with Crippen molar-refractivity contribution in [1.29, 1.82) is 0 Å². The van der Waals surface area contributed by atoms with Gasteiger partial charge in [-0.15, -0.1) is 0 Å². The molecule has 4 atom stereocenters. The Hall–Kier alpha value is -2.82. The highest BCUT2D eigenvalue weighted by Crippen LogP contribution is 2.30. The number of aromatic nitrogens is 2. The van der Waals surface area contributed by atoms with Gasteiger partial charge in [-0.05, 0) is 63.3 Å². The molecule has 0 radical (unpaired) electrons. The summed E-state index contributed by atoms with van der Waals surface area (Å²) in [6.07, 6.45) is 4.06. The molecule has 10 nitrogen and oxygen atoms in total. The van der Waals surface area contributed by atoms with Crippen LogP contribution < -0.4 is 27.1 Å². The van der Waals surface area contributed by atoms with Crippen LogP contribution in [0.3, 0.4) is 0 Å². The first-order chi connectivity index (χ1) is 15.6. The van der Waals surface area contributed by atoms with Crippen LogP contribution in [0.1, 0.15) is 34.1 Å². The van der Waals surface area contributed by atoms with Crippen LogP contribution in [0.15, 0.2) is 36.2 Å². The van der Waals surface area contributed by atoms with Gasteiger partial charge in [-0.2, -0.15) is 5.10 Å². The predicted octanol–water partition coefficient (Wildman–Crippen LogP) is 1.82. The van der Waals surface area contributed by atoms with Gasteiger partial charge in [0.25, 0.3) is 0 Å². The lowest BCUT2D eigenvalue weighted by Crippen LogP contribution is -2.63. The third-order valence-electron chi connectivity index (χ3n) is 6.31. The van der Waals surface area contributed by atoms with E-state index in [0.29, 0.717) is 24.9 Å². The fraction of sp³-hybridized carbons (Fsp3) is 0.565. The number of nitrogens with two attached hydrogens (primary N) is 2. The van der Waals surface area contributed by atoms with E-state index in [0.717, 1.165) is 35.3 Å². The molecule has 2 aliphatic heterocycles. The van der Waals surface area contributed by atoms with Gasteiger partial charge in [-0.1, -0.05) is 6.92 Å². The van der Waals surface area contributed by atoms with Gasteiger partial charge in [0.15, 0.2) is 6.29 Å². The quantitative estimate of drug-likeness (QED) is 0.439. The summed E-state index contributed by atoms with van der Waals surface area (Å²) in [5.41, 5.74) is 9.01. The number of hydrogen-bond donors (Lipinski definition) is 5. The topological polar surface area (TPSA) is 138 Å². The van der Waals surface area contributed by atoms with Gasteiger partial charge in [0, 0.05) is 36.4 Å². The number of alkyl carbamates (subject to hydrolysis) is 1. The standard InChI is InChI=1S/C23H36N8O2/c1-14-9-15(12-27-22(32)33-23(2,3)4)11-26-20(14)19-7-8-30(21(24)31(19)25)17-6-5-16-13-28-29-18(16)10-17/h5-7,10,13-15,20-21,26H,8-9,11-12,24-25H2,1-4H3,(H,27,32)(H,28,29)/t14-,15-,20?,21?/m1/s1. The Morgan fingerprint density at radius 2 is 2.15 bits per heavy atom. The molecule has 1 saturated heterocycles. The van der Waals surface area contributed by atoms with Crippen LogP contribution in [0.25, 0.3) is 10.9 Å². The summed E-state index contributed by atoms with van der Waals surface area (Å²) in [6, 6.07) is 6.21. The first kappa shape index (κ1) is 23.3. The Bertz CT molecular complexity index is 1010. The molecule has 0 bridgehead atoms. The van der Waals surface area contributed by atoms with Crippen molar-refractivity contribution >= 4 is 22.7 Å². The zero-order chi connectivity index (χ0) is 23.8. The first-order valence-corrected chi connectivity index (χ1v) is 11.5. The monoisotopic (exact) mass is 456 g/mol. The van der Waals surface area contributed by atoms with E-state index in [-0.39, 0.29) is 12.1 Å².